The second-order valence-corrected chi connectivity index (χ2v) is 7.25. The smallest absolute Gasteiger partial charge is 0.262 e. The summed E-state index contributed by atoms with van der Waals surface area (Å²) < 4.78 is 32.4. The average molecular weight is 326 g/mol. The minimum atomic E-state index is -3.56. The number of nitrogens with one attached hydrogen (secondary N) is 2. The summed E-state index contributed by atoms with van der Waals surface area (Å²) in [7, 11) is -0.145. The maximum atomic E-state index is 12.3. The minimum absolute atomic E-state index is 0.284. The molecule has 114 valence electrons. The molecule has 2 rings (SSSR count). The summed E-state index contributed by atoms with van der Waals surface area (Å²) >= 11 is 1.42. The van der Waals surface area contributed by atoms with Crippen molar-refractivity contribution in [2.75, 3.05) is 18.9 Å². The van der Waals surface area contributed by atoms with E-state index in [0.29, 0.717) is 12.2 Å². The fraction of sp³-hybridized carbons (Fsp3) is 0.286. The van der Waals surface area contributed by atoms with Gasteiger partial charge in [-0.1, -0.05) is 0 Å². The number of aryl methyl sites for hydroxylation is 1. The van der Waals surface area contributed by atoms with Crippen LogP contribution in [0.25, 0.3) is 0 Å². The fourth-order valence-electron chi connectivity index (χ4n) is 1.92. The second kappa shape index (κ2) is 6.46. The first-order valence-electron chi connectivity index (χ1n) is 6.35. The van der Waals surface area contributed by atoms with Crippen molar-refractivity contribution in [1.82, 2.24) is 5.32 Å². The Labute approximate surface area is 129 Å². The summed E-state index contributed by atoms with van der Waals surface area (Å²) in [6.07, 6.45) is 0. The quantitative estimate of drug-likeness (QED) is 0.856. The molecule has 0 radical (unpaired) electrons. The normalized spacial score (nSPS) is 11.4. The Hall–Kier alpha value is -1.57. The predicted molar refractivity (Wildman–Crippen MR) is 85.6 cm³/mol. The SMILES string of the molecule is CNCc1cc(S(=O)(=O)Nc2ccc(OC)c(C)c2)cs1. The summed E-state index contributed by atoms with van der Waals surface area (Å²) in [4.78, 5) is 1.26. The zero-order chi connectivity index (χ0) is 15.5. The number of ether oxygens (including phenoxy) is 1. The van der Waals surface area contributed by atoms with Crippen molar-refractivity contribution in [3.63, 3.8) is 0 Å². The van der Waals surface area contributed by atoms with Gasteiger partial charge >= 0.3 is 0 Å². The molecule has 0 saturated heterocycles. The van der Waals surface area contributed by atoms with Crippen molar-refractivity contribution in [1.29, 1.82) is 0 Å². The highest BCUT2D eigenvalue weighted by Crippen LogP contribution is 2.25. The van der Waals surface area contributed by atoms with Crippen LogP contribution in [0.4, 0.5) is 5.69 Å². The topological polar surface area (TPSA) is 67.4 Å². The third-order valence-electron chi connectivity index (χ3n) is 2.94. The Kier molecular flexibility index (Phi) is 4.87. The summed E-state index contributed by atoms with van der Waals surface area (Å²) in [6.45, 7) is 2.52. The summed E-state index contributed by atoms with van der Waals surface area (Å²) in [5.41, 5.74) is 1.40. The number of sulfonamides is 1. The lowest BCUT2D eigenvalue weighted by molar-refractivity contribution is 0.412. The number of hydrogen-bond acceptors (Lipinski definition) is 5. The van der Waals surface area contributed by atoms with Crippen LogP contribution in [0, 0.1) is 6.92 Å². The molecule has 0 bridgehead atoms. The van der Waals surface area contributed by atoms with Crippen LogP contribution in [0.5, 0.6) is 5.75 Å². The largest absolute Gasteiger partial charge is 0.496 e. The monoisotopic (exact) mass is 326 g/mol. The number of anilines is 1. The third-order valence-corrected chi connectivity index (χ3v) is 5.38. The summed E-state index contributed by atoms with van der Waals surface area (Å²) in [6, 6.07) is 6.86. The van der Waals surface area contributed by atoms with Gasteiger partial charge in [-0.3, -0.25) is 4.72 Å². The number of thiophene rings is 1. The van der Waals surface area contributed by atoms with Crippen molar-refractivity contribution in [2.24, 2.45) is 0 Å². The highest BCUT2D eigenvalue weighted by Gasteiger charge is 2.16. The number of rotatable bonds is 6. The van der Waals surface area contributed by atoms with Crippen LogP contribution in [0.3, 0.4) is 0 Å². The van der Waals surface area contributed by atoms with Crippen molar-refractivity contribution < 1.29 is 13.2 Å². The van der Waals surface area contributed by atoms with E-state index in [-0.39, 0.29) is 4.90 Å². The Morgan fingerprint density at radius 2 is 2.05 bits per heavy atom. The van der Waals surface area contributed by atoms with Gasteiger partial charge in [-0.15, -0.1) is 11.3 Å². The molecular weight excluding hydrogens is 308 g/mol. The first-order chi connectivity index (χ1) is 9.96. The van der Waals surface area contributed by atoms with Gasteiger partial charge in [0.15, 0.2) is 0 Å². The lowest BCUT2D eigenvalue weighted by Gasteiger charge is -2.09. The molecule has 7 heteroatoms. The molecule has 0 saturated carbocycles. The van der Waals surface area contributed by atoms with E-state index in [1.807, 2.05) is 14.0 Å². The van der Waals surface area contributed by atoms with E-state index in [1.165, 1.54) is 11.3 Å². The molecular formula is C14H18N2O3S2. The predicted octanol–water partition coefficient (Wildman–Crippen LogP) is 2.59. The molecule has 0 unspecified atom stereocenters. The molecule has 0 aliphatic rings. The lowest BCUT2D eigenvalue weighted by Crippen LogP contribution is -2.12. The Balaban J connectivity index is 2.22. The molecule has 2 aromatic rings. The molecule has 0 spiro atoms. The highest BCUT2D eigenvalue weighted by molar-refractivity contribution is 7.92. The van der Waals surface area contributed by atoms with Crippen LogP contribution in [-0.2, 0) is 16.6 Å². The second-order valence-electron chi connectivity index (χ2n) is 4.57. The Morgan fingerprint density at radius 1 is 1.29 bits per heavy atom. The minimum Gasteiger partial charge on any atom is -0.496 e. The maximum absolute atomic E-state index is 12.3. The highest BCUT2D eigenvalue weighted by atomic mass is 32.2. The molecule has 5 nitrogen and oxygen atoms in total. The van der Waals surface area contributed by atoms with E-state index >= 15 is 0 Å². The van der Waals surface area contributed by atoms with Crippen LogP contribution in [0.2, 0.25) is 0 Å². The van der Waals surface area contributed by atoms with E-state index < -0.39 is 10.0 Å². The Morgan fingerprint density at radius 3 is 2.67 bits per heavy atom. The fourth-order valence-corrected chi connectivity index (χ4v) is 4.26. The molecule has 2 N–H and O–H groups in total. The van der Waals surface area contributed by atoms with E-state index in [0.717, 1.165) is 16.2 Å². The van der Waals surface area contributed by atoms with Gasteiger partial charge in [0.2, 0.25) is 0 Å². The molecule has 0 fully saturated rings. The molecule has 1 aromatic heterocycles. The van der Waals surface area contributed by atoms with Gasteiger partial charge in [-0.25, -0.2) is 8.42 Å². The first-order valence-corrected chi connectivity index (χ1v) is 8.72. The van der Waals surface area contributed by atoms with Crippen LogP contribution in [0.1, 0.15) is 10.4 Å². The molecule has 0 aliphatic carbocycles. The van der Waals surface area contributed by atoms with Gasteiger partial charge in [0.25, 0.3) is 10.0 Å². The molecule has 1 aromatic carbocycles. The lowest BCUT2D eigenvalue weighted by atomic mass is 10.2. The number of methoxy groups -OCH3 is 1. The van der Waals surface area contributed by atoms with Crippen molar-refractivity contribution >= 4 is 27.0 Å². The molecule has 0 atom stereocenters. The third kappa shape index (κ3) is 3.75. The van der Waals surface area contributed by atoms with E-state index in [2.05, 4.69) is 10.0 Å². The van der Waals surface area contributed by atoms with Gasteiger partial charge in [0.05, 0.1) is 12.0 Å². The van der Waals surface area contributed by atoms with Gasteiger partial charge in [0.1, 0.15) is 5.75 Å². The standard InChI is InChI=1S/C14H18N2O3S2/c1-10-6-11(4-5-14(10)19-3)16-21(17,18)13-7-12(8-15-2)20-9-13/h4-7,9,15-16H,8H2,1-3H3. The van der Waals surface area contributed by atoms with Crippen molar-refractivity contribution in [3.05, 3.63) is 40.1 Å². The summed E-state index contributed by atoms with van der Waals surface area (Å²) in [5, 5.41) is 4.64. The first kappa shape index (κ1) is 15.8. The number of hydrogen-bond donors (Lipinski definition) is 2. The van der Waals surface area contributed by atoms with Crippen molar-refractivity contribution in [2.45, 2.75) is 18.4 Å². The van der Waals surface area contributed by atoms with Gasteiger partial charge in [-0.05, 0) is 43.8 Å². The van der Waals surface area contributed by atoms with E-state index in [9.17, 15) is 8.42 Å². The zero-order valence-corrected chi connectivity index (χ0v) is 13.8. The molecule has 0 aliphatic heterocycles. The molecule has 21 heavy (non-hydrogen) atoms. The molecule has 1 heterocycles. The Bertz CT molecular complexity index is 724. The number of benzene rings is 1. The summed E-state index contributed by atoms with van der Waals surface area (Å²) in [5.74, 6) is 0.727. The van der Waals surface area contributed by atoms with Gasteiger partial charge < -0.3 is 10.1 Å². The van der Waals surface area contributed by atoms with Crippen LogP contribution in [0.15, 0.2) is 34.5 Å². The van der Waals surface area contributed by atoms with Crippen LogP contribution >= 0.6 is 11.3 Å². The van der Waals surface area contributed by atoms with Gasteiger partial charge in [0, 0.05) is 22.5 Å². The zero-order valence-electron chi connectivity index (χ0n) is 12.1. The van der Waals surface area contributed by atoms with Crippen molar-refractivity contribution in [3.8, 4) is 5.75 Å². The van der Waals surface area contributed by atoms with E-state index in [1.54, 1.807) is 36.8 Å². The van der Waals surface area contributed by atoms with Crippen LogP contribution in [-0.4, -0.2) is 22.6 Å². The molecule has 0 amide bonds. The van der Waals surface area contributed by atoms with Gasteiger partial charge in [-0.2, -0.15) is 0 Å². The van der Waals surface area contributed by atoms with Crippen LogP contribution < -0.4 is 14.8 Å². The van der Waals surface area contributed by atoms with E-state index in [4.69, 9.17) is 4.74 Å². The average Bonchev–Trinajstić information content (AvgIpc) is 2.88. The maximum Gasteiger partial charge on any atom is 0.262 e.